The smallest absolute Gasteiger partial charge is 0.341 e. The summed E-state index contributed by atoms with van der Waals surface area (Å²) in [5, 5.41) is 2.18. The van der Waals surface area contributed by atoms with Gasteiger partial charge in [-0.25, -0.2) is 9.97 Å². The third kappa shape index (κ3) is 4.63. The minimum atomic E-state index is -5.03. The van der Waals surface area contributed by atoms with E-state index in [1.807, 2.05) is 18.2 Å². The molecule has 1 heterocycles. The van der Waals surface area contributed by atoms with Crippen LogP contribution in [0, 0.1) is 0 Å². The van der Waals surface area contributed by atoms with Gasteiger partial charge in [0.15, 0.2) is 5.78 Å². The van der Waals surface area contributed by atoms with Crippen molar-refractivity contribution < 1.29 is 22.8 Å². The SMILES string of the molecule is O=C(CNC(=O)C(F)(F)F)c1cnc(CC2(c3cccc(Cl)c3)CC2)nc1. The van der Waals surface area contributed by atoms with E-state index >= 15 is 0 Å². The van der Waals surface area contributed by atoms with Gasteiger partial charge in [0.2, 0.25) is 0 Å². The van der Waals surface area contributed by atoms with E-state index in [-0.39, 0.29) is 11.0 Å². The van der Waals surface area contributed by atoms with Gasteiger partial charge in [-0.05, 0) is 30.5 Å². The number of carbonyl (C=O) groups is 2. The Labute approximate surface area is 158 Å². The number of Topliss-reactive ketones (excluding diaryl/α,β-unsaturated/α-hetero) is 1. The van der Waals surface area contributed by atoms with Gasteiger partial charge in [0.05, 0.1) is 12.1 Å². The number of halogens is 4. The molecule has 142 valence electrons. The molecule has 1 aromatic heterocycles. The first-order chi connectivity index (χ1) is 12.7. The van der Waals surface area contributed by atoms with Crippen LogP contribution in [0.3, 0.4) is 0 Å². The maximum Gasteiger partial charge on any atom is 0.471 e. The van der Waals surface area contributed by atoms with E-state index in [1.54, 1.807) is 6.07 Å². The van der Waals surface area contributed by atoms with Crippen molar-refractivity contribution in [2.45, 2.75) is 30.9 Å². The van der Waals surface area contributed by atoms with Crippen LogP contribution in [0.4, 0.5) is 13.2 Å². The first-order valence-electron chi connectivity index (χ1n) is 8.15. The number of benzene rings is 1. The molecule has 0 radical (unpaired) electrons. The third-order valence-corrected chi connectivity index (χ3v) is 4.72. The molecule has 1 N–H and O–H groups in total. The summed E-state index contributed by atoms with van der Waals surface area (Å²) in [5.74, 6) is -2.33. The molecule has 3 rings (SSSR count). The van der Waals surface area contributed by atoms with Crippen LogP contribution in [0.15, 0.2) is 36.7 Å². The molecule has 9 heteroatoms. The molecule has 1 saturated carbocycles. The molecule has 0 atom stereocenters. The molecule has 1 aliphatic rings. The number of carbonyl (C=O) groups excluding carboxylic acids is 2. The molecule has 5 nitrogen and oxygen atoms in total. The highest BCUT2D eigenvalue weighted by molar-refractivity contribution is 6.30. The van der Waals surface area contributed by atoms with Gasteiger partial charge in [-0.15, -0.1) is 0 Å². The summed E-state index contributed by atoms with van der Waals surface area (Å²) in [7, 11) is 0. The largest absolute Gasteiger partial charge is 0.471 e. The molecular weight excluding hydrogens is 383 g/mol. The molecular formula is C18H15ClF3N3O2. The summed E-state index contributed by atoms with van der Waals surface area (Å²) in [6.07, 6.45) is 0.0187. The van der Waals surface area contributed by atoms with Gasteiger partial charge < -0.3 is 5.32 Å². The van der Waals surface area contributed by atoms with E-state index in [0.717, 1.165) is 18.4 Å². The van der Waals surface area contributed by atoms with Gasteiger partial charge >= 0.3 is 12.1 Å². The second-order valence-electron chi connectivity index (χ2n) is 6.46. The van der Waals surface area contributed by atoms with Crippen LogP contribution in [-0.2, 0) is 16.6 Å². The van der Waals surface area contributed by atoms with Crippen LogP contribution in [0.2, 0.25) is 5.02 Å². The topological polar surface area (TPSA) is 72.0 Å². The highest BCUT2D eigenvalue weighted by Gasteiger charge is 2.45. The molecule has 0 spiro atoms. The van der Waals surface area contributed by atoms with Gasteiger partial charge in [0, 0.05) is 29.3 Å². The van der Waals surface area contributed by atoms with Crippen LogP contribution in [-0.4, -0.2) is 34.4 Å². The first kappa shape index (κ1) is 19.3. The van der Waals surface area contributed by atoms with Crippen molar-refractivity contribution in [3.63, 3.8) is 0 Å². The van der Waals surface area contributed by atoms with Crippen LogP contribution in [0.25, 0.3) is 0 Å². The van der Waals surface area contributed by atoms with E-state index in [9.17, 15) is 22.8 Å². The summed E-state index contributed by atoms with van der Waals surface area (Å²) in [5.41, 5.74) is 1.07. The van der Waals surface area contributed by atoms with Crippen LogP contribution < -0.4 is 5.32 Å². The summed E-state index contributed by atoms with van der Waals surface area (Å²) < 4.78 is 36.4. The Morgan fingerprint density at radius 1 is 1.19 bits per heavy atom. The van der Waals surface area contributed by atoms with Gasteiger partial charge in [-0.2, -0.15) is 13.2 Å². The normalized spacial score (nSPS) is 15.3. The molecule has 2 aromatic rings. The number of aromatic nitrogens is 2. The lowest BCUT2D eigenvalue weighted by Gasteiger charge is -2.15. The zero-order valence-corrected chi connectivity index (χ0v) is 14.8. The molecule has 0 unspecified atom stereocenters. The Morgan fingerprint density at radius 2 is 1.85 bits per heavy atom. The van der Waals surface area contributed by atoms with E-state index < -0.39 is 24.4 Å². The molecule has 1 amide bonds. The Balaban J connectivity index is 1.62. The first-order valence-corrected chi connectivity index (χ1v) is 8.53. The van der Waals surface area contributed by atoms with Crippen molar-refractivity contribution >= 4 is 23.3 Å². The van der Waals surface area contributed by atoms with E-state index in [1.165, 1.54) is 17.7 Å². The zero-order valence-electron chi connectivity index (χ0n) is 14.0. The van der Waals surface area contributed by atoms with Crippen molar-refractivity contribution in [2.24, 2.45) is 0 Å². The average molecular weight is 398 g/mol. The van der Waals surface area contributed by atoms with Crippen molar-refractivity contribution in [3.05, 3.63) is 58.6 Å². The second kappa shape index (κ2) is 7.26. The molecule has 27 heavy (non-hydrogen) atoms. The van der Waals surface area contributed by atoms with Crippen molar-refractivity contribution in [3.8, 4) is 0 Å². The Hall–Kier alpha value is -2.48. The lowest BCUT2D eigenvalue weighted by Crippen LogP contribution is -2.39. The second-order valence-corrected chi connectivity index (χ2v) is 6.90. The standard InChI is InChI=1S/C18H15ClF3N3O2/c19-13-3-1-2-12(6-13)17(4-5-17)7-15-23-8-11(9-24-15)14(26)10-25-16(27)18(20,21)22/h1-3,6,8-9H,4-5,7,10H2,(H,25,27). The number of ketones is 1. The van der Waals surface area contributed by atoms with Crippen LogP contribution in [0.1, 0.15) is 34.6 Å². The zero-order chi connectivity index (χ0) is 19.7. The highest BCUT2D eigenvalue weighted by atomic mass is 35.5. The predicted octanol–water partition coefficient (Wildman–Crippen LogP) is 3.27. The van der Waals surface area contributed by atoms with Crippen molar-refractivity contribution in [2.75, 3.05) is 6.54 Å². The molecule has 0 bridgehead atoms. The predicted molar refractivity (Wildman–Crippen MR) is 91.5 cm³/mol. The maximum absolute atomic E-state index is 12.1. The number of hydrogen-bond donors (Lipinski definition) is 1. The summed E-state index contributed by atoms with van der Waals surface area (Å²) >= 11 is 6.05. The van der Waals surface area contributed by atoms with Crippen LogP contribution >= 0.6 is 11.6 Å². The van der Waals surface area contributed by atoms with Gasteiger partial charge in [-0.3, -0.25) is 9.59 Å². The lowest BCUT2D eigenvalue weighted by molar-refractivity contribution is -0.173. The van der Waals surface area contributed by atoms with Gasteiger partial charge in [0.1, 0.15) is 5.82 Å². The van der Waals surface area contributed by atoms with Gasteiger partial charge in [0.25, 0.3) is 0 Å². The van der Waals surface area contributed by atoms with Gasteiger partial charge in [-0.1, -0.05) is 23.7 Å². The minimum absolute atomic E-state index is 0.0360. The number of amides is 1. The number of nitrogens with one attached hydrogen (secondary N) is 1. The number of hydrogen-bond acceptors (Lipinski definition) is 4. The fourth-order valence-electron chi connectivity index (χ4n) is 2.79. The number of nitrogens with zero attached hydrogens (tertiary/aromatic N) is 2. The summed E-state index contributed by atoms with van der Waals surface area (Å²) in [6, 6.07) is 7.60. The van der Waals surface area contributed by atoms with Crippen molar-refractivity contribution in [1.82, 2.24) is 15.3 Å². The molecule has 0 aliphatic heterocycles. The fourth-order valence-corrected chi connectivity index (χ4v) is 2.98. The van der Waals surface area contributed by atoms with E-state index in [0.29, 0.717) is 17.3 Å². The summed E-state index contributed by atoms with van der Waals surface area (Å²) in [6.45, 7) is -0.770. The molecule has 0 saturated heterocycles. The fraction of sp³-hybridized carbons (Fsp3) is 0.333. The Bertz CT molecular complexity index is 865. The third-order valence-electron chi connectivity index (χ3n) is 4.48. The van der Waals surface area contributed by atoms with E-state index in [4.69, 9.17) is 11.6 Å². The number of alkyl halides is 3. The number of rotatable bonds is 6. The quantitative estimate of drug-likeness (QED) is 0.759. The van der Waals surface area contributed by atoms with E-state index in [2.05, 4.69) is 9.97 Å². The molecule has 1 fully saturated rings. The summed E-state index contributed by atoms with van der Waals surface area (Å²) in [4.78, 5) is 30.9. The Morgan fingerprint density at radius 3 is 2.41 bits per heavy atom. The highest BCUT2D eigenvalue weighted by Crippen LogP contribution is 2.50. The monoisotopic (exact) mass is 397 g/mol. The van der Waals surface area contributed by atoms with Crippen molar-refractivity contribution in [1.29, 1.82) is 0 Å². The molecule has 1 aromatic carbocycles. The lowest BCUT2D eigenvalue weighted by atomic mass is 9.92. The maximum atomic E-state index is 12.1. The Kier molecular flexibility index (Phi) is 5.19. The van der Waals surface area contributed by atoms with Crippen LogP contribution in [0.5, 0.6) is 0 Å². The molecule has 1 aliphatic carbocycles. The average Bonchev–Trinajstić information content (AvgIpc) is 3.40. The minimum Gasteiger partial charge on any atom is -0.341 e.